The molecule has 0 bridgehead atoms. The van der Waals surface area contributed by atoms with Crippen molar-refractivity contribution in [2.45, 2.75) is 19.0 Å². The minimum atomic E-state index is -0.611. The molecule has 1 aliphatic heterocycles. The van der Waals surface area contributed by atoms with E-state index < -0.39 is 11.4 Å². The maximum absolute atomic E-state index is 12.5. The van der Waals surface area contributed by atoms with Gasteiger partial charge in [0.1, 0.15) is 22.8 Å². The molecule has 0 spiro atoms. The van der Waals surface area contributed by atoms with Crippen molar-refractivity contribution in [2.24, 2.45) is 10.7 Å². The molecule has 0 fully saturated rings. The van der Waals surface area contributed by atoms with Gasteiger partial charge >= 0.3 is 0 Å². The highest BCUT2D eigenvalue weighted by Gasteiger charge is 2.32. The van der Waals surface area contributed by atoms with Gasteiger partial charge in [0.25, 0.3) is 5.91 Å². The monoisotopic (exact) mass is 414 g/mol. The molecule has 3 heterocycles. The fraction of sp³-hybridized carbons (Fsp3) is 0.158. The summed E-state index contributed by atoms with van der Waals surface area (Å²) in [5, 5.41) is 7.66. The zero-order valence-electron chi connectivity index (χ0n) is 14.9. The Bertz CT molecular complexity index is 1110. The van der Waals surface area contributed by atoms with Crippen molar-refractivity contribution in [1.29, 1.82) is 0 Å². The summed E-state index contributed by atoms with van der Waals surface area (Å²) in [5.74, 6) is 0.00262. The third kappa shape index (κ3) is 3.34. The van der Waals surface area contributed by atoms with E-state index in [-0.39, 0.29) is 10.7 Å². The van der Waals surface area contributed by atoms with Crippen LogP contribution >= 0.6 is 23.2 Å². The predicted octanol–water partition coefficient (Wildman–Crippen LogP) is 3.47. The highest BCUT2D eigenvalue weighted by atomic mass is 35.5. The predicted molar refractivity (Wildman–Crippen MR) is 109 cm³/mol. The first-order valence-electron chi connectivity index (χ1n) is 8.46. The third-order valence-corrected chi connectivity index (χ3v) is 5.06. The van der Waals surface area contributed by atoms with Crippen molar-refractivity contribution < 1.29 is 4.79 Å². The number of halogens is 2. The van der Waals surface area contributed by atoms with E-state index in [4.69, 9.17) is 28.9 Å². The lowest BCUT2D eigenvalue weighted by Crippen LogP contribution is -2.37. The van der Waals surface area contributed by atoms with Crippen LogP contribution in [0.25, 0.3) is 0 Å². The minimum absolute atomic E-state index is 0.101. The van der Waals surface area contributed by atoms with E-state index in [1.165, 1.54) is 12.3 Å². The standard InChI is InChI=1S/C19H16Cl2N6O/c1-19(10-27-15(5-6-24-27)17(22)26-19)11-3-2-4-13(7-11)25-18(28)16-14(21)8-12(20)9-23-16/h2-9H,10H2,1H3,(H2,22,26)(H,25,28). The Morgan fingerprint density at radius 3 is 2.89 bits per heavy atom. The second-order valence-electron chi connectivity index (χ2n) is 6.66. The molecule has 3 aromatic rings. The van der Waals surface area contributed by atoms with Crippen molar-refractivity contribution in [3.8, 4) is 0 Å². The molecule has 2 aromatic heterocycles. The molecule has 1 unspecified atom stereocenters. The van der Waals surface area contributed by atoms with Crippen molar-refractivity contribution in [1.82, 2.24) is 14.8 Å². The first kappa shape index (κ1) is 18.5. The minimum Gasteiger partial charge on any atom is -0.382 e. The van der Waals surface area contributed by atoms with E-state index in [0.29, 0.717) is 23.1 Å². The molecule has 9 heteroatoms. The van der Waals surface area contributed by atoms with Crippen LogP contribution in [0.3, 0.4) is 0 Å². The van der Waals surface area contributed by atoms with Crippen LogP contribution in [0.4, 0.5) is 5.69 Å². The van der Waals surface area contributed by atoms with Gasteiger partial charge in [0.15, 0.2) is 0 Å². The van der Waals surface area contributed by atoms with Crippen molar-refractivity contribution >= 4 is 40.6 Å². The summed E-state index contributed by atoms with van der Waals surface area (Å²) in [6, 6.07) is 10.7. The van der Waals surface area contributed by atoms with Crippen molar-refractivity contribution in [3.63, 3.8) is 0 Å². The number of amides is 1. The SMILES string of the molecule is CC1(c2cccc(NC(=O)c3ncc(Cl)cc3Cl)c2)Cn2nccc2C(N)=N1. The van der Waals surface area contributed by atoms with Crippen LogP contribution in [0.5, 0.6) is 0 Å². The number of aliphatic imine (C=N–C) groups is 1. The molecular weight excluding hydrogens is 399 g/mol. The molecule has 0 aliphatic carbocycles. The molecule has 0 saturated heterocycles. The van der Waals surface area contributed by atoms with E-state index in [2.05, 4.69) is 20.4 Å². The van der Waals surface area contributed by atoms with Gasteiger partial charge in [-0.2, -0.15) is 5.10 Å². The van der Waals surface area contributed by atoms with Gasteiger partial charge < -0.3 is 11.1 Å². The van der Waals surface area contributed by atoms with Gasteiger partial charge in [-0.25, -0.2) is 4.98 Å². The topological polar surface area (TPSA) is 98.2 Å². The summed E-state index contributed by atoms with van der Waals surface area (Å²) in [5.41, 5.74) is 7.89. The van der Waals surface area contributed by atoms with Gasteiger partial charge in [-0.1, -0.05) is 35.3 Å². The molecule has 1 aromatic carbocycles. The molecule has 4 rings (SSSR count). The lowest BCUT2D eigenvalue weighted by Gasteiger charge is -2.31. The number of carbonyl (C=O) groups is 1. The highest BCUT2D eigenvalue weighted by Crippen LogP contribution is 2.32. The normalized spacial score (nSPS) is 18.3. The smallest absolute Gasteiger partial charge is 0.275 e. The summed E-state index contributed by atoms with van der Waals surface area (Å²) < 4.78 is 1.82. The quantitative estimate of drug-likeness (QED) is 0.685. The number of carbonyl (C=O) groups excluding carboxylic acids is 1. The second-order valence-corrected chi connectivity index (χ2v) is 7.51. The van der Waals surface area contributed by atoms with Crippen LogP contribution in [0.15, 0.2) is 53.8 Å². The molecule has 0 saturated carbocycles. The van der Waals surface area contributed by atoms with Gasteiger partial charge in [0.2, 0.25) is 0 Å². The molecule has 1 amide bonds. The Kier molecular flexibility index (Phi) is 4.56. The van der Waals surface area contributed by atoms with Gasteiger partial charge in [0, 0.05) is 18.1 Å². The summed E-state index contributed by atoms with van der Waals surface area (Å²) in [4.78, 5) is 21.2. The Morgan fingerprint density at radius 1 is 1.29 bits per heavy atom. The number of benzene rings is 1. The lowest BCUT2D eigenvalue weighted by atomic mass is 9.91. The number of pyridine rings is 1. The van der Waals surface area contributed by atoms with E-state index in [1.807, 2.05) is 35.9 Å². The molecule has 28 heavy (non-hydrogen) atoms. The number of aromatic nitrogens is 3. The molecule has 0 radical (unpaired) electrons. The van der Waals surface area contributed by atoms with Gasteiger partial charge in [0.05, 0.1) is 16.6 Å². The van der Waals surface area contributed by atoms with Crippen LogP contribution in [0.2, 0.25) is 10.0 Å². The maximum atomic E-state index is 12.5. The molecular formula is C19H16Cl2N6O. The van der Waals surface area contributed by atoms with Crippen LogP contribution in [-0.4, -0.2) is 26.5 Å². The summed E-state index contributed by atoms with van der Waals surface area (Å²) in [7, 11) is 0. The Balaban J connectivity index is 1.62. The number of nitrogens with two attached hydrogens (primary N) is 1. The molecule has 3 N–H and O–H groups in total. The largest absolute Gasteiger partial charge is 0.382 e. The maximum Gasteiger partial charge on any atom is 0.275 e. The number of nitrogens with zero attached hydrogens (tertiary/aromatic N) is 4. The number of anilines is 1. The third-order valence-electron chi connectivity index (χ3n) is 4.57. The number of hydrogen-bond acceptors (Lipinski definition) is 5. The fourth-order valence-electron chi connectivity index (χ4n) is 3.19. The summed E-state index contributed by atoms with van der Waals surface area (Å²) >= 11 is 11.9. The van der Waals surface area contributed by atoms with Crippen molar-refractivity contribution in [3.05, 3.63) is 75.8 Å². The number of hydrogen-bond donors (Lipinski definition) is 2. The van der Waals surface area contributed by atoms with E-state index in [0.717, 1.165) is 11.3 Å². The number of fused-ring (bicyclic) bond motifs is 1. The number of nitrogens with one attached hydrogen (secondary N) is 1. The van der Waals surface area contributed by atoms with Crippen LogP contribution < -0.4 is 11.1 Å². The zero-order valence-corrected chi connectivity index (χ0v) is 16.4. The first-order valence-corrected chi connectivity index (χ1v) is 9.22. The fourth-order valence-corrected chi connectivity index (χ4v) is 3.65. The Morgan fingerprint density at radius 2 is 2.11 bits per heavy atom. The average molecular weight is 415 g/mol. The molecule has 7 nitrogen and oxygen atoms in total. The molecule has 1 atom stereocenters. The van der Waals surface area contributed by atoms with Crippen LogP contribution in [-0.2, 0) is 12.1 Å². The van der Waals surface area contributed by atoms with Gasteiger partial charge in [-0.3, -0.25) is 14.5 Å². The zero-order chi connectivity index (χ0) is 19.9. The van der Waals surface area contributed by atoms with E-state index in [1.54, 1.807) is 12.3 Å². The first-order chi connectivity index (χ1) is 13.4. The second kappa shape index (κ2) is 6.92. The Hall–Kier alpha value is -2.90. The van der Waals surface area contributed by atoms with Crippen LogP contribution in [0, 0.1) is 0 Å². The van der Waals surface area contributed by atoms with Crippen molar-refractivity contribution in [2.75, 3.05) is 5.32 Å². The summed E-state index contributed by atoms with van der Waals surface area (Å²) in [6.07, 6.45) is 3.07. The number of amidine groups is 1. The lowest BCUT2D eigenvalue weighted by molar-refractivity contribution is 0.102. The molecule has 1 aliphatic rings. The highest BCUT2D eigenvalue weighted by molar-refractivity contribution is 6.36. The number of rotatable bonds is 3. The van der Waals surface area contributed by atoms with E-state index in [9.17, 15) is 4.79 Å². The average Bonchev–Trinajstić information content (AvgIpc) is 3.10. The van der Waals surface area contributed by atoms with Crippen LogP contribution in [0.1, 0.15) is 28.7 Å². The van der Waals surface area contributed by atoms with E-state index >= 15 is 0 Å². The van der Waals surface area contributed by atoms with Gasteiger partial charge in [-0.05, 0) is 36.8 Å². The van der Waals surface area contributed by atoms with Gasteiger partial charge in [-0.15, -0.1) is 0 Å². The Labute approximate surface area is 171 Å². The molecule has 142 valence electrons. The summed E-state index contributed by atoms with van der Waals surface area (Å²) in [6.45, 7) is 2.51.